The molecule has 0 aliphatic carbocycles. The monoisotopic (exact) mass is 428 g/mol. The van der Waals surface area contributed by atoms with E-state index in [0.29, 0.717) is 24.2 Å². The van der Waals surface area contributed by atoms with Gasteiger partial charge in [-0.3, -0.25) is 9.59 Å². The van der Waals surface area contributed by atoms with Crippen LogP contribution in [0.25, 0.3) is 0 Å². The Bertz CT molecular complexity index is 1060. The minimum absolute atomic E-state index is 0.105. The van der Waals surface area contributed by atoms with E-state index in [2.05, 4.69) is 4.99 Å². The quantitative estimate of drug-likeness (QED) is 0.560. The van der Waals surface area contributed by atoms with Gasteiger partial charge in [-0.1, -0.05) is 12.1 Å². The molecule has 0 bridgehead atoms. The second kappa shape index (κ2) is 8.66. The lowest BCUT2D eigenvalue weighted by Gasteiger charge is -2.32. The molecular weight excluding hydrogens is 404 g/mol. The number of carbonyl (C=O) groups is 2. The van der Waals surface area contributed by atoms with E-state index in [1.807, 2.05) is 12.1 Å². The van der Waals surface area contributed by atoms with Crippen LogP contribution in [-0.4, -0.2) is 50.4 Å². The van der Waals surface area contributed by atoms with E-state index >= 15 is 0 Å². The van der Waals surface area contributed by atoms with Gasteiger partial charge in [0.15, 0.2) is 15.8 Å². The lowest BCUT2D eigenvalue weighted by molar-refractivity contribution is 0.0712. The van der Waals surface area contributed by atoms with Gasteiger partial charge in [0.1, 0.15) is 0 Å². The standard InChI is InChI=1S/C21H24N4O4S/c1-30(28,29)18-8-6-17(7-9-18)20(27)25-12-10-15(11-13-25)14-2-4-16(5-3-14)19(26)24-21(22)23/h2-9,15H,10-13H2,1H3,(H4,22,23,24,26). The van der Waals surface area contributed by atoms with Gasteiger partial charge in [0.25, 0.3) is 11.8 Å². The predicted molar refractivity (Wildman–Crippen MR) is 114 cm³/mol. The number of benzene rings is 2. The summed E-state index contributed by atoms with van der Waals surface area (Å²) in [7, 11) is -3.29. The molecule has 0 saturated carbocycles. The Morgan fingerprint density at radius 3 is 1.97 bits per heavy atom. The van der Waals surface area contributed by atoms with Crippen molar-refractivity contribution >= 4 is 27.6 Å². The highest BCUT2D eigenvalue weighted by Crippen LogP contribution is 2.29. The van der Waals surface area contributed by atoms with Gasteiger partial charge >= 0.3 is 0 Å². The molecule has 1 aliphatic heterocycles. The number of sulfone groups is 1. The van der Waals surface area contributed by atoms with Crippen molar-refractivity contribution < 1.29 is 18.0 Å². The summed E-state index contributed by atoms with van der Waals surface area (Å²) in [6, 6.07) is 13.2. The van der Waals surface area contributed by atoms with E-state index in [1.165, 1.54) is 12.1 Å². The van der Waals surface area contributed by atoms with Gasteiger partial charge in [-0.05, 0) is 60.7 Å². The van der Waals surface area contributed by atoms with Crippen molar-refractivity contribution in [2.75, 3.05) is 19.3 Å². The van der Waals surface area contributed by atoms with Crippen LogP contribution >= 0.6 is 0 Å². The van der Waals surface area contributed by atoms with Crippen molar-refractivity contribution in [2.24, 2.45) is 16.5 Å². The Kier molecular flexibility index (Phi) is 6.21. The molecule has 30 heavy (non-hydrogen) atoms. The first-order valence-electron chi connectivity index (χ1n) is 9.48. The summed E-state index contributed by atoms with van der Waals surface area (Å²) in [6.45, 7) is 1.21. The first kappa shape index (κ1) is 21.5. The topological polar surface area (TPSA) is 136 Å². The number of hydrogen-bond donors (Lipinski definition) is 2. The number of amides is 2. The third-order valence-corrected chi connectivity index (χ3v) is 6.30. The van der Waals surface area contributed by atoms with Crippen LogP contribution in [-0.2, 0) is 9.84 Å². The van der Waals surface area contributed by atoms with Crippen LogP contribution in [0.5, 0.6) is 0 Å². The molecular formula is C21H24N4O4S. The molecule has 1 heterocycles. The number of piperidine rings is 1. The maximum Gasteiger partial charge on any atom is 0.280 e. The average molecular weight is 429 g/mol. The zero-order valence-corrected chi connectivity index (χ0v) is 17.4. The number of rotatable bonds is 4. The summed E-state index contributed by atoms with van der Waals surface area (Å²) in [6.07, 6.45) is 2.74. The van der Waals surface area contributed by atoms with Gasteiger partial charge in [-0.2, -0.15) is 4.99 Å². The third kappa shape index (κ3) is 5.04. The molecule has 1 fully saturated rings. The smallest absolute Gasteiger partial charge is 0.280 e. The molecule has 2 amide bonds. The predicted octanol–water partition coefficient (Wildman–Crippen LogP) is 1.52. The van der Waals surface area contributed by atoms with Crippen molar-refractivity contribution in [1.82, 2.24) is 4.90 Å². The fraction of sp³-hybridized carbons (Fsp3) is 0.286. The first-order valence-corrected chi connectivity index (χ1v) is 11.4. The molecule has 4 N–H and O–H groups in total. The van der Waals surface area contributed by atoms with Crippen LogP contribution in [0, 0.1) is 0 Å². The number of hydrogen-bond acceptors (Lipinski definition) is 4. The second-order valence-corrected chi connectivity index (χ2v) is 9.34. The first-order chi connectivity index (χ1) is 14.1. The normalized spacial score (nSPS) is 14.9. The lowest BCUT2D eigenvalue weighted by Crippen LogP contribution is -2.37. The molecule has 8 nitrogen and oxygen atoms in total. The van der Waals surface area contributed by atoms with Gasteiger partial charge in [0.2, 0.25) is 0 Å². The van der Waals surface area contributed by atoms with Crippen molar-refractivity contribution in [3.63, 3.8) is 0 Å². The third-order valence-electron chi connectivity index (χ3n) is 5.17. The van der Waals surface area contributed by atoms with Crippen LogP contribution in [0.2, 0.25) is 0 Å². The van der Waals surface area contributed by atoms with Gasteiger partial charge in [0, 0.05) is 30.5 Å². The van der Waals surface area contributed by atoms with Crippen molar-refractivity contribution in [1.29, 1.82) is 0 Å². The number of aliphatic imine (C=N–C) groups is 1. The SMILES string of the molecule is CS(=O)(=O)c1ccc(C(=O)N2CCC(c3ccc(C(=O)N=C(N)N)cc3)CC2)cc1. The summed E-state index contributed by atoms with van der Waals surface area (Å²) in [5.41, 5.74) is 12.5. The molecule has 158 valence electrons. The zero-order valence-electron chi connectivity index (χ0n) is 16.6. The van der Waals surface area contributed by atoms with E-state index in [1.54, 1.807) is 29.2 Å². The second-order valence-electron chi connectivity index (χ2n) is 7.33. The van der Waals surface area contributed by atoms with Crippen molar-refractivity contribution in [3.8, 4) is 0 Å². The highest BCUT2D eigenvalue weighted by atomic mass is 32.2. The number of nitrogens with zero attached hydrogens (tertiary/aromatic N) is 2. The van der Waals surface area contributed by atoms with Crippen LogP contribution in [0.1, 0.15) is 45.0 Å². The van der Waals surface area contributed by atoms with Gasteiger partial charge in [0.05, 0.1) is 4.90 Å². The summed E-state index contributed by atoms with van der Waals surface area (Å²) >= 11 is 0. The molecule has 0 atom stereocenters. The van der Waals surface area contributed by atoms with E-state index in [0.717, 1.165) is 24.7 Å². The Balaban J connectivity index is 1.61. The van der Waals surface area contributed by atoms with Crippen LogP contribution < -0.4 is 11.5 Å². The Morgan fingerprint density at radius 1 is 0.933 bits per heavy atom. The molecule has 3 rings (SSSR count). The zero-order chi connectivity index (χ0) is 21.9. The summed E-state index contributed by atoms with van der Waals surface area (Å²) in [5.74, 6) is -0.573. The number of carbonyl (C=O) groups excluding carboxylic acids is 2. The minimum Gasteiger partial charge on any atom is -0.370 e. The van der Waals surface area contributed by atoms with Gasteiger partial charge in [-0.25, -0.2) is 8.42 Å². The van der Waals surface area contributed by atoms with Gasteiger partial charge in [-0.15, -0.1) is 0 Å². The summed E-state index contributed by atoms with van der Waals surface area (Å²) < 4.78 is 23.1. The van der Waals surface area contributed by atoms with Crippen LogP contribution in [0.4, 0.5) is 0 Å². The molecule has 0 unspecified atom stereocenters. The highest BCUT2D eigenvalue weighted by Gasteiger charge is 2.25. The summed E-state index contributed by atoms with van der Waals surface area (Å²) in [5, 5.41) is 0. The lowest BCUT2D eigenvalue weighted by atomic mass is 9.88. The maximum absolute atomic E-state index is 12.7. The maximum atomic E-state index is 12.7. The molecule has 0 spiro atoms. The fourth-order valence-corrected chi connectivity index (χ4v) is 4.15. The number of nitrogens with two attached hydrogens (primary N) is 2. The average Bonchev–Trinajstić information content (AvgIpc) is 2.72. The van der Waals surface area contributed by atoms with Gasteiger partial charge < -0.3 is 16.4 Å². The van der Waals surface area contributed by atoms with E-state index < -0.39 is 15.7 Å². The van der Waals surface area contributed by atoms with E-state index in [9.17, 15) is 18.0 Å². The molecule has 0 aromatic heterocycles. The Hall–Kier alpha value is -3.20. The number of likely N-dealkylation sites (tertiary alicyclic amines) is 1. The molecule has 1 saturated heterocycles. The van der Waals surface area contributed by atoms with Crippen molar-refractivity contribution in [2.45, 2.75) is 23.7 Å². The van der Waals surface area contributed by atoms with Crippen LogP contribution in [0.15, 0.2) is 58.4 Å². The fourth-order valence-electron chi connectivity index (χ4n) is 3.52. The molecule has 1 aliphatic rings. The largest absolute Gasteiger partial charge is 0.370 e. The van der Waals surface area contributed by atoms with E-state index in [-0.39, 0.29) is 22.7 Å². The Labute approximate surface area is 175 Å². The minimum atomic E-state index is -3.29. The molecule has 9 heteroatoms. The Morgan fingerprint density at radius 2 is 1.47 bits per heavy atom. The van der Waals surface area contributed by atoms with Crippen molar-refractivity contribution in [3.05, 3.63) is 65.2 Å². The van der Waals surface area contributed by atoms with Crippen LogP contribution in [0.3, 0.4) is 0 Å². The molecule has 2 aromatic rings. The molecule has 2 aromatic carbocycles. The highest BCUT2D eigenvalue weighted by molar-refractivity contribution is 7.90. The summed E-state index contributed by atoms with van der Waals surface area (Å²) in [4.78, 5) is 30.1. The molecule has 0 radical (unpaired) electrons. The number of guanidine groups is 1. The van der Waals surface area contributed by atoms with E-state index in [4.69, 9.17) is 11.5 Å².